The van der Waals surface area contributed by atoms with Gasteiger partial charge in [0, 0.05) is 17.0 Å². The van der Waals surface area contributed by atoms with Crippen LogP contribution in [0.5, 0.6) is 0 Å². The average Bonchev–Trinajstić information content (AvgIpc) is 3.26. The predicted octanol–water partition coefficient (Wildman–Crippen LogP) is 2.52. The number of hydrogen-bond acceptors (Lipinski definition) is 2. The van der Waals surface area contributed by atoms with E-state index in [9.17, 15) is 9.59 Å². The number of carbonyl (C=O) groups excluding carboxylic acids is 1. The highest BCUT2D eigenvalue weighted by molar-refractivity contribution is 6.31. The Kier molecular flexibility index (Phi) is 3.42. The maximum atomic E-state index is 12.4. The van der Waals surface area contributed by atoms with Crippen LogP contribution in [-0.4, -0.2) is 34.5 Å². The van der Waals surface area contributed by atoms with E-state index in [-0.39, 0.29) is 30.3 Å². The van der Waals surface area contributed by atoms with E-state index in [0.29, 0.717) is 5.02 Å². The summed E-state index contributed by atoms with van der Waals surface area (Å²) in [6.45, 7) is -0.185. The monoisotopic (exact) mass is 293 g/mol. The molecule has 0 spiro atoms. The van der Waals surface area contributed by atoms with Gasteiger partial charge in [-0.1, -0.05) is 29.8 Å². The molecule has 2 aliphatic carbocycles. The van der Waals surface area contributed by atoms with Gasteiger partial charge in [-0.3, -0.25) is 9.59 Å². The number of amides is 1. The fraction of sp³-hybridized carbons (Fsp3) is 0.467. The second-order valence-electron chi connectivity index (χ2n) is 5.56. The Hall–Kier alpha value is -1.55. The van der Waals surface area contributed by atoms with Gasteiger partial charge in [0.25, 0.3) is 0 Å². The minimum absolute atomic E-state index is 0.0279. The number of halogens is 1. The molecule has 3 rings (SSSR count). The van der Waals surface area contributed by atoms with E-state index in [1.807, 2.05) is 24.3 Å². The molecular formula is C15H16ClNO3. The van der Waals surface area contributed by atoms with Crippen LogP contribution in [0, 0.1) is 5.92 Å². The van der Waals surface area contributed by atoms with Crippen molar-refractivity contribution in [3.8, 4) is 0 Å². The van der Waals surface area contributed by atoms with Crippen molar-refractivity contribution in [2.45, 2.75) is 31.2 Å². The molecule has 106 valence electrons. The number of carboxylic acids is 1. The molecule has 0 aliphatic heterocycles. The number of rotatable bonds is 5. The van der Waals surface area contributed by atoms with Gasteiger partial charge in [0.2, 0.25) is 5.91 Å². The fourth-order valence-corrected chi connectivity index (χ4v) is 3.00. The molecule has 4 nitrogen and oxygen atoms in total. The minimum atomic E-state index is -0.944. The Morgan fingerprint density at radius 3 is 2.60 bits per heavy atom. The molecule has 0 heterocycles. The summed E-state index contributed by atoms with van der Waals surface area (Å²) in [6, 6.07) is 7.68. The fourth-order valence-electron chi connectivity index (χ4n) is 2.72. The third kappa shape index (κ3) is 2.66. The number of benzene rings is 1. The smallest absolute Gasteiger partial charge is 0.323 e. The molecule has 0 radical (unpaired) electrons. The third-order valence-electron chi connectivity index (χ3n) is 3.99. The van der Waals surface area contributed by atoms with Crippen LogP contribution in [0.1, 0.15) is 30.7 Å². The van der Waals surface area contributed by atoms with Gasteiger partial charge in [-0.15, -0.1) is 0 Å². The Labute approximate surface area is 122 Å². The summed E-state index contributed by atoms with van der Waals surface area (Å²) in [5, 5.41) is 9.61. The van der Waals surface area contributed by atoms with E-state index in [1.165, 1.54) is 4.90 Å². The van der Waals surface area contributed by atoms with Gasteiger partial charge in [-0.2, -0.15) is 0 Å². The minimum Gasteiger partial charge on any atom is -0.480 e. The molecule has 0 bridgehead atoms. The topological polar surface area (TPSA) is 57.6 Å². The highest BCUT2D eigenvalue weighted by atomic mass is 35.5. The van der Waals surface area contributed by atoms with Gasteiger partial charge in [0.1, 0.15) is 6.54 Å². The van der Waals surface area contributed by atoms with Crippen LogP contribution in [0.25, 0.3) is 0 Å². The quantitative estimate of drug-likeness (QED) is 0.907. The molecular weight excluding hydrogens is 278 g/mol. The van der Waals surface area contributed by atoms with E-state index in [1.54, 1.807) is 0 Å². The number of aliphatic carboxylic acids is 1. The summed E-state index contributed by atoms with van der Waals surface area (Å²) >= 11 is 6.15. The van der Waals surface area contributed by atoms with E-state index in [0.717, 1.165) is 24.8 Å². The summed E-state index contributed by atoms with van der Waals surface area (Å²) in [5.74, 6) is -0.930. The number of carbonyl (C=O) groups is 2. The molecule has 0 aromatic heterocycles. The van der Waals surface area contributed by atoms with Crippen LogP contribution >= 0.6 is 11.6 Å². The molecule has 1 amide bonds. The Bertz CT molecular complexity index is 556. The van der Waals surface area contributed by atoms with Crippen molar-refractivity contribution >= 4 is 23.5 Å². The summed E-state index contributed by atoms with van der Waals surface area (Å²) in [5.41, 5.74) is 0.999. The maximum Gasteiger partial charge on any atom is 0.323 e. The second kappa shape index (κ2) is 5.09. The van der Waals surface area contributed by atoms with Gasteiger partial charge >= 0.3 is 5.97 Å². The first-order valence-electron chi connectivity index (χ1n) is 6.84. The molecule has 2 fully saturated rings. The van der Waals surface area contributed by atoms with Gasteiger partial charge in [0.15, 0.2) is 0 Å². The van der Waals surface area contributed by atoms with Crippen LogP contribution in [0.3, 0.4) is 0 Å². The van der Waals surface area contributed by atoms with Gasteiger partial charge in [-0.25, -0.2) is 0 Å². The lowest BCUT2D eigenvalue weighted by Crippen LogP contribution is -2.38. The molecule has 2 unspecified atom stereocenters. The van der Waals surface area contributed by atoms with Crippen molar-refractivity contribution < 1.29 is 14.7 Å². The first-order valence-corrected chi connectivity index (χ1v) is 7.22. The van der Waals surface area contributed by atoms with Crippen LogP contribution in [0.15, 0.2) is 24.3 Å². The van der Waals surface area contributed by atoms with E-state index >= 15 is 0 Å². The molecule has 2 atom stereocenters. The number of carboxylic acid groups (broad SMARTS) is 1. The molecule has 1 N–H and O–H groups in total. The second-order valence-corrected chi connectivity index (χ2v) is 5.97. The summed E-state index contributed by atoms with van der Waals surface area (Å²) in [4.78, 5) is 24.8. The molecule has 2 aliphatic rings. The Morgan fingerprint density at radius 1 is 1.30 bits per heavy atom. The Morgan fingerprint density at radius 2 is 2.00 bits per heavy atom. The lowest BCUT2D eigenvalue weighted by molar-refractivity contribution is -0.145. The van der Waals surface area contributed by atoms with Crippen molar-refractivity contribution in [3.63, 3.8) is 0 Å². The molecule has 0 saturated heterocycles. The largest absolute Gasteiger partial charge is 0.480 e. The summed E-state index contributed by atoms with van der Waals surface area (Å²) in [7, 11) is 0. The maximum absolute atomic E-state index is 12.4. The van der Waals surface area contributed by atoms with Gasteiger partial charge < -0.3 is 10.0 Å². The highest BCUT2D eigenvalue weighted by Crippen LogP contribution is 2.51. The zero-order valence-electron chi connectivity index (χ0n) is 11.0. The normalized spacial score (nSPS) is 24.2. The van der Waals surface area contributed by atoms with E-state index in [2.05, 4.69) is 0 Å². The summed E-state index contributed by atoms with van der Waals surface area (Å²) in [6.07, 6.45) is 2.61. The molecule has 1 aromatic rings. The van der Waals surface area contributed by atoms with Crippen LogP contribution < -0.4 is 0 Å². The SMILES string of the molecule is O=C(O)CN(C(=O)C1CC1c1ccccc1Cl)C1CC1. The lowest BCUT2D eigenvalue weighted by Gasteiger charge is -2.20. The van der Waals surface area contributed by atoms with Gasteiger partial charge in [0.05, 0.1) is 0 Å². The summed E-state index contributed by atoms with van der Waals surface area (Å²) < 4.78 is 0. The standard InChI is InChI=1S/C15H16ClNO3/c16-13-4-2-1-3-10(13)11-7-12(11)15(20)17(8-14(18)19)9-5-6-9/h1-4,9,11-12H,5-8H2,(H,18,19). The van der Waals surface area contributed by atoms with Crippen LogP contribution in [0.4, 0.5) is 0 Å². The molecule has 20 heavy (non-hydrogen) atoms. The van der Waals surface area contributed by atoms with Crippen molar-refractivity contribution in [2.75, 3.05) is 6.54 Å². The molecule has 2 saturated carbocycles. The van der Waals surface area contributed by atoms with Crippen molar-refractivity contribution in [1.82, 2.24) is 4.90 Å². The zero-order valence-corrected chi connectivity index (χ0v) is 11.7. The van der Waals surface area contributed by atoms with Crippen LogP contribution in [0.2, 0.25) is 5.02 Å². The third-order valence-corrected chi connectivity index (χ3v) is 4.33. The average molecular weight is 294 g/mol. The first kappa shape index (κ1) is 13.4. The highest BCUT2D eigenvalue weighted by Gasteiger charge is 2.49. The first-order chi connectivity index (χ1) is 9.58. The van der Waals surface area contributed by atoms with Gasteiger partial charge in [-0.05, 0) is 36.8 Å². The Balaban J connectivity index is 1.70. The van der Waals surface area contributed by atoms with E-state index in [4.69, 9.17) is 16.7 Å². The van der Waals surface area contributed by atoms with Crippen molar-refractivity contribution in [2.24, 2.45) is 5.92 Å². The lowest BCUT2D eigenvalue weighted by atomic mass is 10.1. The molecule has 1 aromatic carbocycles. The number of nitrogens with zero attached hydrogens (tertiary/aromatic N) is 1. The molecule has 5 heteroatoms. The predicted molar refractivity (Wildman–Crippen MR) is 74.7 cm³/mol. The van der Waals surface area contributed by atoms with Crippen molar-refractivity contribution in [1.29, 1.82) is 0 Å². The van der Waals surface area contributed by atoms with Crippen molar-refractivity contribution in [3.05, 3.63) is 34.9 Å². The van der Waals surface area contributed by atoms with Crippen LogP contribution in [-0.2, 0) is 9.59 Å². The van der Waals surface area contributed by atoms with E-state index < -0.39 is 5.97 Å². The zero-order chi connectivity index (χ0) is 14.3. The number of hydrogen-bond donors (Lipinski definition) is 1.